The van der Waals surface area contributed by atoms with Crippen LogP contribution in [0.2, 0.25) is 0 Å². The van der Waals surface area contributed by atoms with Crippen LogP contribution >= 0.6 is 0 Å². The van der Waals surface area contributed by atoms with Crippen molar-refractivity contribution in [3.8, 4) is 0 Å². The quantitative estimate of drug-likeness (QED) is 0.673. The number of nitrogens with zero attached hydrogens (tertiary/aromatic N) is 2. The van der Waals surface area contributed by atoms with Crippen molar-refractivity contribution >= 4 is 16.2 Å². The van der Waals surface area contributed by atoms with Crippen LogP contribution in [0.4, 0.5) is 0 Å². The third-order valence-electron chi connectivity index (χ3n) is 3.30. The Morgan fingerprint density at radius 1 is 1.47 bits per heavy atom. The van der Waals surface area contributed by atoms with E-state index in [4.69, 9.17) is 10.2 Å². The Labute approximate surface area is 114 Å². The van der Waals surface area contributed by atoms with Crippen molar-refractivity contribution in [1.82, 2.24) is 8.61 Å². The predicted molar refractivity (Wildman–Crippen MR) is 69.8 cm³/mol. The number of hydrogen-bond acceptors (Lipinski definition) is 4. The number of carboxylic acid groups (broad SMARTS) is 1. The topological polar surface area (TPSA) is 98.2 Å². The summed E-state index contributed by atoms with van der Waals surface area (Å²) in [6.45, 7) is 2.63. The second kappa shape index (κ2) is 7.18. The number of carboxylic acids is 1. The van der Waals surface area contributed by atoms with E-state index in [1.807, 2.05) is 0 Å². The molecule has 1 rings (SSSR count). The van der Waals surface area contributed by atoms with E-state index in [1.165, 1.54) is 8.61 Å². The molecule has 1 aliphatic heterocycles. The summed E-state index contributed by atoms with van der Waals surface area (Å²) in [5, 5.41) is 17.8. The number of aliphatic carboxylic acids is 1. The minimum absolute atomic E-state index is 0.0350. The number of rotatable bonds is 7. The van der Waals surface area contributed by atoms with Gasteiger partial charge in [-0.25, -0.2) is 0 Å². The maximum absolute atomic E-state index is 12.4. The average molecular weight is 294 g/mol. The molecule has 0 bridgehead atoms. The van der Waals surface area contributed by atoms with Crippen LogP contribution < -0.4 is 0 Å². The SMILES string of the molecule is CCN(CCCO)S(=O)(=O)N1CCCC(C(=O)O)C1. The summed E-state index contributed by atoms with van der Waals surface area (Å²) >= 11 is 0. The molecule has 1 fully saturated rings. The summed E-state index contributed by atoms with van der Waals surface area (Å²) in [6.07, 6.45) is 1.46. The lowest BCUT2D eigenvalue weighted by Crippen LogP contribution is -2.49. The molecule has 1 unspecified atom stereocenters. The first-order valence-corrected chi connectivity index (χ1v) is 7.92. The van der Waals surface area contributed by atoms with Gasteiger partial charge in [0.05, 0.1) is 5.92 Å². The van der Waals surface area contributed by atoms with Gasteiger partial charge in [-0.2, -0.15) is 17.0 Å². The zero-order chi connectivity index (χ0) is 14.5. The van der Waals surface area contributed by atoms with Gasteiger partial charge in [-0.1, -0.05) is 6.92 Å². The van der Waals surface area contributed by atoms with Gasteiger partial charge in [-0.3, -0.25) is 4.79 Å². The van der Waals surface area contributed by atoms with Gasteiger partial charge in [-0.05, 0) is 19.3 Å². The molecule has 8 heteroatoms. The molecule has 0 radical (unpaired) electrons. The molecule has 0 aromatic carbocycles. The highest BCUT2D eigenvalue weighted by Crippen LogP contribution is 2.21. The van der Waals surface area contributed by atoms with Gasteiger partial charge in [0, 0.05) is 32.8 Å². The Bertz CT molecular complexity index is 398. The molecule has 0 aliphatic carbocycles. The molecule has 7 nitrogen and oxygen atoms in total. The smallest absolute Gasteiger partial charge is 0.307 e. The molecule has 0 amide bonds. The van der Waals surface area contributed by atoms with E-state index in [-0.39, 0.29) is 19.7 Å². The van der Waals surface area contributed by atoms with E-state index in [2.05, 4.69) is 0 Å². The van der Waals surface area contributed by atoms with Crippen LogP contribution in [0.25, 0.3) is 0 Å². The third-order valence-corrected chi connectivity index (χ3v) is 5.38. The van der Waals surface area contributed by atoms with E-state index in [1.54, 1.807) is 6.92 Å². The maximum Gasteiger partial charge on any atom is 0.307 e. The van der Waals surface area contributed by atoms with Gasteiger partial charge < -0.3 is 10.2 Å². The Kier molecular flexibility index (Phi) is 6.18. The Morgan fingerprint density at radius 2 is 2.16 bits per heavy atom. The lowest BCUT2D eigenvalue weighted by molar-refractivity contribution is -0.142. The van der Waals surface area contributed by atoms with E-state index in [9.17, 15) is 13.2 Å². The fraction of sp³-hybridized carbons (Fsp3) is 0.909. The molecule has 1 saturated heterocycles. The largest absolute Gasteiger partial charge is 0.481 e. The summed E-state index contributed by atoms with van der Waals surface area (Å²) in [5.74, 6) is -1.57. The van der Waals surface area contributed by atoms with E-state index < -0.39 is 22.1 Å². The summed E-state index contributed by atoms with van der Waals surface area (Å²) in [5.41, 5.74) is 0. The molecule has 112 valence electrons. The molecule has 0 aromatic rings. The van der Waals surface area contributed by atoms with Crippen molar-refractivity contribution in [1.29, 1.82) is 0 Å². The highest BCUT2D eigenvalue weighted by molar-refractivity contribution is 7.86. The normalized spacial score (nSPS) is 21.7. The van der Waals surface area contributed by atoms with E-state index >= 15 is 0 Å². The molecule has 1 aliphatic rings. The number of aliphatic hydroxyl groups is 1. The van der Waals surface area contributed by atoms with Crippen LogP contribution in [0, 0.1) is 5.92 Å². The first kappa shape index (κ1) is 16.4. The first-order chi connectivity index (χ1) is 8.93. The van der Waals surface area contributed by atoms with Crippen LogP contribution in [-0.4, -0.2) is 66.0 Å². The summed E-state index contributed by atoms with van der Waals surface area (Å²) in [6, 6.07) is 0. The van der Waals surface area contributed by atoms with Crippen LogP contribution in [0.5, 0.6) is 0 Å². The second-order valence-electron chi connectivity index (χ2n) is 4.61. The van der Waals surface area contributed by atoms with Crippen LogP contribution in [0.3, 0.4) is 0 Å². The predicted octanol–water partition coefficient (Wildman–Crippen LogP) is -0.268. The van der Waals surface area contributed by atoms with Crippen LogP contribution in [-0.2, 0) is 15.0 Å². The van der Waals surface area contributed by atoms with Crippen molar-refractivity contribution in [3.05, 3.63) is 0 Å². The molecular weight excluding hydrogens is 272 g/mol. The Morgan fingerprint density at radius 3 is 2.68 bits per heavy atom. The fourth-order valence-electron chi connectivity index (χ4n) is 2.20. The molecule has 1 heterocycles. The zero-order valence-electron chi connectivity index (χ0n) is 11.2. The zero-order valence-corrected chi connectivity index (χ0v) is 12.0. The lowest BCUT2D eigenvalue weighted by atomic mass is 10.0. The molecule has 0 spiro atoms. The lowest BCUT2D eigenvalue weighted by Gasteiger charge is -2.33. The molecule has 2 N–H and O–H groups in total. The standard InChI is InChI=1S/C11H22N2O5S/c1-2-12(7-4-8-14)19(17,18)13-6-3-5-10(9-13)11(15)16/h10,14H,2-9H2,1H3,(H,15,16). The number of aliphatic hydroxyl groups excluding tert-OH is 1. The van der Waals surface area contributed by atoms with Gasteiger partial charge in [-0.15, -0.1) is 0 Å². The van der Waals surface area contributed by atoms with Gasteiger partial charge >= 0.3 is 5.97 Å². The highest BCUT2D eigenvalue weighted by atomic mass is 32.2. The summed E-state index contributed by atoms with van der Waals surface area (Å²) in [4.78, 5) is 11.0. The van der Waals surface area contributed by atoms with Crippen LogP contribution in [0.1, 0.15) is 26.2 Å². The third kappa shape index (κ3) is 4.13. The average Bonchev–Trinajstić information content (AvgIpc) is 2.39. The molecule has 1 atom stereocenters. The molecular formula is C11H22N2O5S. The summed E-state index contributed by atoms with van der Waals surface area (Å²) in [7, 11) is -3.62. The van der Waals surface area contributed by atoms with Gasteiger partial charge in [0.2, 0.25) is 0 Å². The molecule has 19 heavy (non-hydrogen) atoms. The van der Waals surface area contributed by atoms with Crippen molar-refractivity contribution < 1.29 is 23.4 Å². The number of piperidine rings is 1. The van der Waals surface area contributed by atoms with E-state index in [0.29, 0.717) is 32.4 Å². The molecule has 0 aromatic heterocycles. The number of hydrogen-bond donors (Lipinski definition) is 2. The second-order valence-corrected chi connectivity index (χ2v) is 6.54. The van der Waals surface area contributed by atoms with Gasteiger partial charge in [0.15, 0.2) is 0 Å². The number of carbonyl (C=O) groups is 1. The van der Waals surface area contributed by atoms with Crippen molar-refractivity contribution in [2.24, 2.45) is 5.92 Å². The maximum atomic E-state index is 12.4. The highest BCUT2D eigenvalue weighted by Gasteiger charge is 2.35. The summed E-state index contributed by atoms with van der Waals surface area (Å²) < 4.78 is 27.3. The fourth-order valence-corrected chi connectivity index (χ4v) is 3.94. The monoisotopic (exact) mass is 294 g/mol. The van der Waals surface area contributed by atoms with E-state index in [0.717, 1.165) is 0 Å². The molecule has 0 saturated carbocycles. The van der Waals surface area contributed by atoms with Crippen molar-refractivity contribution in [2.45, 2.75) is 26.2 Å². The van der Waals surface area contributed by atoms with Gasteiger partial charge in [0.1, 0.15) is 0 Å². The van der Waals surface area contributed by atoms with Crippen LogP contribution in [0.15, 0.2) is 0 Å². The van der Waals surface area contributed by atoms with Crippen molar-refractivity contribution in [3.63, 3.8) is 0 Å². The first-order valence-electron chi connectivity index (χ1n) is 6.52. The Balaban J connectivity index is 2.77. The minimum atomic E-state index is -3.62. The minimum Gasteiger partial charge on any atom is -0.481 e. The van der Waals surface area contributed by atoms with Gasteiger partial charge in [0.25, 0.3) is 10.2 Å². The Hall–Kier alpha value is -0.700. The van der Waals surface area contributed by atoms with Crippen molar-refractivity contribution in [2.75, 3.05) is 32.8 Å².